The Labute approximate surface area is 332 Å². The molecule has 0 aliphatic rings. The molecule has 5 heterocycles. The number of ether oxygens (including phenoxy) is 1. The van der Waals surface area contributed by atoms with Crippen LogP contribution in [0.25, 0.3) is 82.4 Å². The molecule has 0 fully saturated rings. The molecule has 0 saturated heterocycles. The molecular formula is C48H37N5OPt. The number of rotatable bonds is 4. The maximum Gasteiger partial charge on any atom is 0.0620 e. The molecular weight excluding hydrogens is 858 g/mol. The number of benzene rings is 6. The smallest absolute Gasteiger partial charge is 0.0620 e. The fourth-order valence-corrected chi connectivity index (χ4v) is 9.45. The van der Waals surface area contributed by atoms with E-state index in [1.165, 1.54) is 38.1 Å². The predicted molar refractivity (Wildman–Crippen MR) is 222 cm³/mol. The molecule has 0 radical (unpaired) electrons. The molecule has 6 nitrogen and oxygen atoms in total. The number of para-hydroxylation sites is 4. The minimum Gasteiger partial charge on any atom is 0.0620 e. The van der Waals surface area contributed by atoms with E-state index in [9.17, 15) is 0 Å². The molecule has 270 valence electrons. The van der Waals surface area contributed by atoms with Gasteiger partial charge >= 0.3 is 205 Å². The van der Waals surface area contributed by atoms with Crippen LogP contribution in [0.5, 0.6) is 11.5 Å². The summed E-state index contributed by atoms with van der Waals surface area (Å²) in [4.78, 5) is 4.98. The van der Waals surface area contributed by atoms with Gasteiger partial charge in [0.15, 0.2) is 0 Å². The van der Waals surface area contributed by atoms with Gasteiger partial charge < -0.3 is 4.40 Å². The second kappa shape index (κ2) is 11.5. The number of fused-ring (bicyclic) bond motifs is 10. The molecule has 11 aromatic rings. The minimum atomic E-state index is -2.40. The molecule has 5 aromatic heterocycles. The summed E-state index contributed by atoms with van der Waals surface area (Å²) in [5.41, 5.74) is 9.59. The molecule has 0 bridgehead atoms. The summed E-state index contributed by atoms with van der Waals surface area (Å²) >= 11 is 2.31. The third-order valence-electron chi connectivity index (χ3n) is 11.3. The largest absolute Gasteiger partial charge is 0.0620 e. The Kier molecular flexibility index (Phi) is 6.16. The molecule has 0 N–H and O–H groups in total. The maximum absolute atomic E-state index is 8.48. The van der Waals surface area contributed by atoms with Crippen molar-refractivity contribution in [2.24, 2.45) is 7.05 Å². The van der Waals surface area contributed by atoms with Crippen LogP contribution < -0.4 is 4.74 Å². The zero-order valence-electron chi connectivity index (χ0n) is 33.7. The molecule has 0 aliphatic heterocycles. The predicted octanol–water partition coefficient (Wildman–Crippen LogP) is 12.1. The van der Waals surface area contributed by atoms with E-state index in [0.717, 1.165) is 53.7 Å². The van der Waals surface area contributed by atoms with Crippen LogP contribution in [0.1, 0.15) is 36.0 Å². The summed E-state index contributed by atoms with van der Waals surface area (Å²) < 4.78 is 42.0. The normalized spacial score (nSPS) is 13.6. The summed E-state index contributed by atoms with van der Waals surface area (Å²) in [5, 5.41) is 7.04. The summed E-state index contributed by atoms with van der Waals surface area (Å²) in [6.07, 6.45) is 1.89. The number of hydrogen-bond acceptors (Lipinski definition) is 2. The molecule has 55 heavy (non-hydrogen) atoms. The van der Waals surface area contributed by atoms with Crippen LogP contribution in [0.2, 0.25) is 0 Å². The van der Waals surface area contributed by atoms with Crippen molar-refractivity contribution < 1.29 is 28.2 Å². The Morgan fingerprint density at radius 2 is 1.33 bits per heavy atom. The van der Waals surface area contributed by atoms with E-state index >= 15 is 0 Å². The number of aromatic nitrogens is 5. The topological polar surface area (TPSA) is 41.3 Å². The van der Waals surface area contributed by atoms with Gasteiger partial charge in [0, 0.05) is 27.7 Å². The first kappa shape index (κ1) is 29.4. The second-order valence-electron chi connectivity index (χ2n) is 15.5. The zero-order chi connectivity index (χ0) is 39.8. The van der Waals surface area contributed by atoms with Gasteiger partial charge in [-0.05, 0) is 23.1 Å². The van der Waals surface area contributed by atoms with E-state index in [0.29, 0.717) is 5.75 Å². The fraction of sp³-hybridized carbons (Fsp3) is 0.125. The fourth-order valence-electron chi connectivity index (χ4n) is 8.61. The van der Waals surface area contributed by atoms with E-state index in [1.807, 2.05) is 49.6 Å². The average molecular weight is 898 g/mol. The van der Waals surface area contributed by atoms with Crippen LogP contribution in [-0.4, -0.2) is 23.1 Å². The molecule has 0 spiro atoms. The van der Waals surface area contributed by atoms with Crippen molar-refractivity contribution >= 4 is 70.9 Å². The Morgan fingerprint density at radius 1 is 0.618 bits per heavy atom. The van der Waals surface area contributed by atoms with Crippen molar-refractivity contribution in [2.75, 3.05) is 0 Å². The van der Waals surface area contributed by atoms with Gasteiger partial charge in [-0.1, -0.05) is 57.2 Å². The molecule has 0 saturated carbocycles. The zero-order valence-corrected chi connectivity index (χ0v) is 32.9. The Bertz CT molecular complexity index is 3560. The van der Waals surface area contributed by atoms with Gasteiger partial charge in [0.2, 0.25) is 0 Å². The third-order valence-corrected chi connectivity index (χ3v) is 12.6. The first-order valence-electron chi connectivity index (χ1n) is 19.9. The molecule has 6 aromatic carbocycles. The third kappa shape index (κ3) is 4.64. The molecule has 11 rings (SSSR count). The van der Waals surface area contributed by atoms with Crippen LogP contribution in [0.3, 0.4) is 0 Å². The van der Waals surface area contributed by atoms with Crippen molar-refractivity contribution in [2.45, 2.75) is 33.0 Å². The van der Waals surface area contributed by atoms with Crippen molar-refractivity contribution in [1.29, 1.82) is 0 Å². The summed E-state index contributed by atoms with van der Waals surface area (Å²) in [7, 11) is 2.03. The van der Waals surface area contributed by atoms with Crippen molar-refractivity contribution in [3.05, 3.63) is 149 Å². The number of imidazole rings is 1. The average Bonchev–Trinajstić information content (AvgIpc) is 3.90. The number of aryl methyl sites for hydroxylation is 2. The van der Waals surface area contributed by atoms with E-state index in [-0.39, 0.29) is 16.7 Å². The number of hydrogen-bond donors (Lipinski definition) is 0. The van der Waals surface area contributed by atoms with Crippen LogP contribution in [-0.2, 0) is 31.8 Å². The molecule has 0 amide bonds. The number of nitrogens with zero attached hydrogens (tertiary/aromatic N) is 5. The Morgan fingerprint density at radius 3 is 2.15 bits per heavy atom. The van der Waals surface area contributed by atoms with Crippen molar-refractivity contribution in [3.8, 4) is 23.0 Å². The van der Waals surface area contributed by atoms with Gasteiger partial charge in [0.1, 0.15) is 0 Å². The van der Waals surface area contributed by atoms with E-state index < -0.39 is 6.85 Å². The molecule has 7 heteroatoms. The number of pyridine rings is 1. The van der Waals surface area contributed by atoms with Gasteiger partial charge in [0.25, 0.3) is 0 Å². The molecule has 0 aliphatic carbocycles. The quantitative estimate of drug-likeness (QED) is 0.177. The van der Waals surface area contributed by atoms with Gasteiger partial charge in [-0.15, -0.1) is 0 Å². The standard InChI is InChI=1S/C48H37N5O.Pt/c1-29-17-18-31(51-28-50(5)40-15-8-9-16-41(40)51)24-45(29)54-32-19-20-34-37-26-38-36-13-10-12-35-33-11-6-7-14-39(33)53(47(35)36)44(38)27-43(37)52(42(34)25-32)46-23-30(21-22-49-46)48(2,3)4;/h6-27H,1-5H3;/i1D3;. The second-order valence-corrected chi connectivity index (χ2v) is 16.5. The van der Waals surface area contributed by atoms with Gasteiger partial charge in [-0.2, -0.15) is 0 Å². The first-order valence-corrected chi connectivity index (χ1v) is 19.6. The van der Waals surface area contributed by atoms with Gasteiger partial charge in [0.05, 0.1) is 16.6 Å². The molecule has 0 unspecified atom stereocenters. The Balaban J connectivity index is 1.16. The van der Waals surface area contributed by atoms with Crippen molar-refractivity contribution in [3.63, 3.8) is 0 Å². The SMILES string of the molecule is [2H]C([2H])([2H])c1ccc(-n2[c](=[Pt])n(C)c3ccccc32)cc1Oc1ccc2c3cc4c5cccc6c7ccccc7n(c4cc3n(-c3cc(C(C)(C)C)ccn3)c2c1)c65. The van der Waals surface area contributed by atoms with Crippen LogP contribution >= 0.6 is 0 Å². The first-order chi connectivity index (χ1) is 27.9. The Hall–Kier alpha value is -5.97. The van der Waals surface area contributed by atoms with Crippen LogP contribution in [0.4, 0.5) is 0 Å². The van der Waals surface area contributed by atoms with Crippen LogP contribution in [0.15, 0.2) is 134 Å². The summed E-state index contributed by atoms with van der Waals surface area (Å²) in [6, 6.07) is 43.7. The van der Waals surface area contributed by atoms with Gasteiger partial charge in [-0.3, -0.25) is 0 Å². The van der Waals surface area contributed by atoms with E-state index in [4.69, 9.17) is 13.8 Å². The van der Waals surface area contributed by atoms with Crippen LogP contribution in [0, 0.1) is 10.7 Å². The van der Waals surface area contributed by atoms with E-state index in [1.54, 1.807) is 6.07 Å². The monoisotopic (exact) mass is 897 g/mol. The minimum absolute atomic E-state index is 0.0973. The van der Waals surface area contributed by atoms with Crippen molar-refractivity contribution in [1.82, 2.24) is 23.1 Å². The summed E-state index contributed by atoms with van der Waals surface area (Å²) in [6.45, 7) is 4.24. The summed E-state index contributed by atoms with van der Waals surface area (Å²) in [5.74, 6) is 1.61. The van der Waals surface area contributed by atoms with Gasteiger partial charge in [-0.25, -0.2) is 0 Å². The molecule has 0 atom stereocenters. The maximum atomic E-state index is 8.48. The van der Waals surface area contributed by atoms with E-state index in [2.05, 4.69) is 143 Å².